The Morgan fingerprint density at radius 1 is 1.14 bits per heavy atom. The minimum absolute atomic E-state index is 0.179. The van der Waals surface area contributed by atoms with Crippen molar-refractivity contribution in [2.75, 3.05) is 5.32 Å². The summed E-state index contributed by atoms with van der Waals surface area (Å²) in [7, 11) is 0. The Balaban J connectivity index is 1.79. The Morgan fingerprint density at radius 2 is 2.04 bits per heavy atom. The number of azide groups is 1. The summed E-state index contributed by atoms with van der Waals surface area (Å²) < 4.78 is 27.5. The zero-order valence-corrected chi connectivity index (χ0v) is 14.1. The highest BCUT2D eigenvalue weighted by Gasteiger charge is 2.14. The third-order valence-corrected chi connectivity index (χ3v) is 3.77. The summed E-state index contributed by atoms with van der Waals surface area (Å²) in [5.74, 6) is 0.801. The molecule has 0 spiro atoms. The van der Waals surface area contributed by atoms with Crippen molar-refractivity contribution >= 4 is 22.8 Å². The van der Waals surface area contributed by atoms with Crippen LogP contribution in [0.1, 0.15) is 12.1 Å². The van der Waals surface area contributed by atoms with E-state index in [1.807, 2.05) is 0 Å². The third-order valence-electron chi connectivity index (χ3n) is 3.77. The second-order valence-corrected chi connectivity index (χ2v) is 5.59. The second kappa shape index (κ2) is 7.25. The molecule has 0 saturated heterocycles. The molecule has 138 valence electrons. The van der Waals surface area contributed by atoms with Gasteiger partial charge in [0.2, 0.25) is 5.82 Å². The minimum atomic E-state index is -2.69. The number of aromatic nitrogens is 5. The van der Waals surface area contributed by atoms with Crippen molar-refractivity contribution in [1.82, 2.24) is 24.6 Å². The van der Waals surface area contributed by atoms with Crippen molar-refractivity contribution in [2.45, 2.75) is 6.43 Å². The molecule has 4 rings (SSSR count). The molecule has 0 amide bonds. The molecule has 0 aliphatic carbocycles. The molecule has 1 N–H and O–H groups in total. The van der Waals surface area contributed by atoms with Gasteiger partial charge in [0.05, 0.1) is 0 Å². The average molecular weight is 379 g/mol. The van der Waals surface area contributed by atoms with Crippen LogP contribution in [0.5, 0.6) is 0 Å². The van der Waals surface area contributed by atoms with Crippen LogP contribution >= 0.6 is 0 Å². The van der Waals surface area contributed by atoms with Gasteiger partial charge in [0.1, 0.15) is 22.7 Å². The van der Waals surface area contributed by atoms with Crippen molar-refractivity contribution in [2.24, 2.45) is 5.11 Å². The largest absolute Gasteiger partial charge is 0.338 e. The number of anilines is 2. The number of hydrogen-bond donors (Lipinski definition) is 1. The van der Waals surface area contributed by atoms with E-state index in [9.17, 15) is 8.78 Å². The van der Waals surface area contributed by atoms with Crippen LogP contribution in [-0.2, 0) is 0 Å². The lowest BCUT2D eigenvalue weighted by atomic mass is 10.3. The molecule has 11 heteroatoms. The van der Waals surface area contributed by atoms with Crippen molar-refractivity contribution in [3.8, 4) is 11.5 Å². The molecule has 0 atom stereocenters. The van der Waals surface area contributed by atoms with Crippen molar-refractivity contribution in [1.29, 1.82) is 0 Å². The van der Waals surface area contributed by atoms with Gasteiger partial charge in [-0.1, -0.05) is 6.07 Å². The number of alkyl halides is 2. The Labute approximate surface area is 156 Å². The van der Waals surface area contributed by atoms with Crippen LogP contribution in [0.4, 0.5) is 26.1 Å². The van der Waals surface area contributed by atoms with Gasteiger partial charge in [-0.05, 0) is 47.0 Å². The van der Waals surface area contributed by atoms with Crippen LogP contribution in [0.15, 0.2) is 60.0 Å². The highest BCUT2D eigenvalue weighted by atomic mass is 19.3. The van der Waals surface area contributed by atoms with Gasteiger partial charge in [-0.15, -0.1) is 5.10 Å². The van der Waals surface area contributed by atoms with E-state index in [1.165, 1.54) is 18.3 Å². The van der Waals surface area contributed by atoms with E-state index in [-0.39, 0.29) is 23.0 Å². The molecule has 0 unspecified atom stereocenters. The fourth-order valence-corrected chi connectivity index (χ4v) is 2.57. The summed E-state index contributed by atoms with van der Waals surface area (Å²) in [6, 6.07) is 11.1. The molecule has 0 fully saturated rings. The highest BCUT2D eigenvalue weighted by Crippen LogP contribution is 2.25. The van der Waals surface area contributed by atoms with Gasteiger partial charge in [-0.3, -0.25) is 4.98 Å². The van der Waals surface area contributed by atoms with Crippen LogP contribution in [-0.4, -0.2) is 24.6 Å². The summed E-state index contributed by atoms with van der Waals surface area (Å²) in [5, 5.41) is 10.9. The number of nitrogens with zero attached hydrogens (tertiary/aromatic N) is 8. The zero-order chi connectivity index (χ0) is 19.5. The predicted octanol–water partition coefficient (Wildman–Crippen LogP) is 4.81. The van der Waals surface area contributed by atoms with E-state index in [0.717, 1.165) is 0 Å². The Bertz CT molecular complexity index is 1200. The van der Waals surface area contributed by atoms with E-state index >= 15 is 0 Å². The van der Waals surface area contributed by atoms with Crippen LogP contribution in [0.3, 0.4) is 0 Å². The molecule has 0 bridgehead atoms. The maximum absolute atomic E-state index is 13.0. The van der Waals surface area contributed by atoms with E-state index in [2.05, 4.69) is 35.4 Å². The van der Waals surface area contributed by atoms with Gasteiger partial charge in [-0.2, -0.15) is 0 Å². The maximum Gasteiger partial charge on any atom is 0.280 e. The Kier molecular flexibility index (Phi) is 4.48. The fraction of sp³-hybridized carbons (Fsp3) is 0.0588. The lowest BCUT2D eigenvalue weighted by Gasteiger charge is -2.10. The first kappa shape index (κ1) is 17.3. The molecule has 9 nitrogen and oxygen atoms in total. The molecular formula is C17H11F2N9. The zero-order valence-electron chi connectivity index (χ0n) is 14.1. The summed E-state index contributed by atoms with van der Waals surface area (Å²) in [5.41, 5.74) is 9.67. The Morgan fingerprint density at radius 3 is 2.86 bits per heavy atom. The quantitative estimate of drug-likeness (QED) is 0.303. The monoisotopic (exact) mass is 379 g/mol. The first-order valence-electron chi connectivity index (χ1n) is 8.03. The number of rotatable bonds is 5. The van der Waals surface area contributed by atoms with Crippen molar-refractivity contribution in [3.05, 3.63) is 71.0 Å². The Hall–Kier alpha value is -4.11. The van der Waals surface area contributed by atoms with E-state index in [0.29, 0.717) is 17.0 Å². The van der Waals surface area contributed by atoms with Gasteiger partial charge in [0.25, 0.3) is 6.43 Å². The number of hydrogen-bond acceptors (Lipinski definition) is 6. The molecule has 0 aliphatic rings. The van der Waals surface area contributed by atoms with E-state index < -0.39 is 6.43 Å². The highest BCUT2D eigenvalue weighted by molar-refractivity contribution is 5.75. The van der Waals surface area contributed by atoms with Crippen molar-refractivity contribution in [3.63, 3.8) is 0 Å². The van der Waals surface area contributed by atoms with Crippen molar-refractivity contribution < 1.29 is 8.78 Å². The van der Waals surface area contributed by atoms with Crippen LogP contribution in [0.25, 0.3) is 27.5 Å². The summed E-state index contributed by atoms with van der Waals surface area (Å²) in [4.78, 5) is 15.0. The lowest BCUT2D eigenvalue weighted by Crippen LogP contribution is -2.04. The number of fused-ring (bicyclic) bond motifs is 1. The molecule has 0 aliphatic heterocycles. The van der Waals surface area contributed by atoms with Gasteiger partial charge in [-0.25, -0.2) is 23.3 Å². The van der Waals surface area contributed by atoms with Gasteiger partial charge in [0, 0.05) is 23.0 Å². The smallest absolute Gasteiger partial charge is 0.280 e. The maximum atomic E-state index is 13.0. The first-order chi connectivity index (χ1) is 13.6. The lowest BCUT2D eigenvalue weighted by molar-refractivity contribution is 0.146. The van der Waals surface area contributed by atoms with E-state index in [1.54, 1.807) is 41.0 Å². The second-order valence-electron chi connectivity index (χ2n) is 5.59. The predicted molar refractivity (Wildman–Crippen MR) is 97.5 cm³/mol. The van der Waals surface area contributed by atoms with Gasteiger partial charge in [0.15, 0.2) is 5.82 Å². The molecule has 4 aromatic heterocycles. The standard InChI is InChI=1S/C17H11F2N9/c18-15(19)11-3-1-4-12(23-11)16-24-17(13-5-2-8-28(13)26-16)22-10-6-7-21-14(9-10)25-27-20/h1-9,15H,(H,21,22,24,26). The summed E-state index contributed by atoms with van der Waals surface area (Å²) in [6.07, 6.45) is 0.502. The summed E-state index contributed by atoms with van der Waals surface area (Å²) in [6.45, 7) is 0. The van der Waals surface area contributed by atoms with E-state index in [4.69, 9.17) is 5.53 Å². The average Bonchev–Trinajstić information content (AvgIpc) is 3.18. The topological polar surface area (TPSA) is 117 Å². The number of halogens is 2. The number of pyridine rings is 2. The van der Waals surface area contributed by atoms with Crippen LogP contribution in [0.2, 0.25) is 0 Å². The number of nitrogens with one attached hydrogen (secondary N) is 1. The molecule has 0 saturated carbocycles. The third kappa shape index (κ3) is 3.41. The van der Waals surface area contributed by atoms with Crippen LogP contribution in [0, 0.1) is 0 Å². The summed E-state index contributed by atoms with van der Waals surface area (Å²) >= 11 is 0. The van der Waals surface area contributed by atoms with Gasteiger partial charge >= 0.3 is 0 Å². The molecule has 4 heterocycles. The normalized spacial score (nSPS) is 10.8. The molecular weight excluding hydrogens is 368 g/mol. The van der Waals surface area contributed by atoms with Crippen LogP contribution < -0.4 is 5.32 Å². The molecule has 0 aromatic carbocycles. The molecule has 28 heavy (non-hydrogen) atoms. The molecule has 0 radical (unpaired) electrons. The first-order valence-corrected chi connectivity index (χ1v) is 8.03. The molecule has 4 aromatic rings. The minimum Gasteiger partial charge on any atom is -0.338 e. The SMILES string of the molecule is [N-]=[N+]=Nc1cc(Nc2nc(-c3cccc(C(F)F)n3)nn3cccc23)ccn1. The fourth-order valence-electron chi connectivity index (χ4n) is 2.57. The van der Waals surface area contributed by atoms with Gasteiger partial charge < -0.3 is 5.32 Å².